The molecule has 0 spiro atoms. The molecule has 1 fully saturated rings. The number of nitrogens with one attached hydrogen (secondary N) is 1. The Bertz CT molecular complexity index is 259. The van der Waals surface area contributed by atoms with Crippen LogP contribution in [0, 0.1) is 5.92 Å². The van der Waals surface area contributed by atoms with Crippen molar-refractivity contribution in [1.29, 1.82) is 0 Å². The van der Waals surface area contributed by atoms with Gasteiger partial charge in [0, 0.05) is 5.08 Å². The molecule has 2 unspecified atom stereocenters. The van der Waals surface area contributed by atoms with E-state index in [1.54, 1.807) is 30.4 Å². The number of carbonyl (C=O) groups excluding carboxylic acids is 1. The first-order valence-corrected chi connectivity index (χ1v) is 8.03. The SMILES string of the molecule is CSCSC(=S)SC1NC(=O)[C@H]1C(C)O. The van der Waals surface area contributed by atoms with E-state index >= 15 is 0 Å². The van der Waals surface area contributed by atoms with E-state index in [9.17, 15) is 9.90 Å². The van der Waals surface area contributed by atoms with Crippen molar-refractivity contribution in [3.63, 3.8) is 0 Å². The van der Waals surface area contributed by atoms with Gasteiger partial charge in [0.05, 0.1) is 17.4 Å². The average Bonchev–Trinajstić information content (AvgIpc) is 2.12. The van der Waals surface area contributed by atoms with Crippen LogP contribution in [0.2, 0.25) is 0 Å². The summed E-state index contributed by atoms with van der Waals surface area (Å²) in [4.78, 5) is 11.1. The summed E-state index contributed by atoms with van der Waals surface area (Å²) in [6, 6.07) is 0. The maximum atomic E-state index is 11.1. The summed E-state index contributed by atoms with van der Waals surface area (Å²) in [6.07, 6.45) is 1.41. The van der Waals surface area contributed by atoms with E-state index in [1.807, 2.05) is 6.26 Å². The van der Waals surface area contributed by atoms with Gasteiger partial charge in [-0.2, -0.15) is 11.8 Å². The Balaban J connectivity index is 2.33. The first-order valence-electron chi connectivity index (χ1n) is 4.37. The van der Waals surface area contributed by atoms with Gasteiger partial charge in [0.2, 0.25) is 5.91 Å². The summed E-state index contributed by atoms with van der Waals surface area (Å²) in [5.41, 5.74) is 0. The van der Waals surface area contributed by atoms with Crippen LogP contribution < -0.4 is 5.32 Å². The molecule has 1 heterocycles. The smallest absolute Gasteiger partial charge is 0.229 e. The average molecular weight is 283 g/mol. The van der Waals surface area contributed by atoms with Crippen LogP contribution in [0.4, 0.5) is 0 Å². The molecular formula is C8H13NO2S4. The van der Waals surface area contributed by atoms with Crippen LogP contribution in [-0.4, -0.2) is 37.4 Å². The molecular weight excluding hydrogens is 270 g/mol. The fourth-order valence-corrected chi connectivity index (χ4v) is 4.68. The highest BCUT2D eigenvalue weighted by Crippen LogP contribution is 2.33. The lowest BCUT2D eigenvalue weighted by Gasteiger charge is -2.37. The molecule has 0 bridgehead atoms. The predicted molar refractivity (Wildman–Crippen MR) is 73.3 cm³/mol. The first kappa shape index (κ1) is 13.6. The molecule has 1 aliphatic rings. The molecule has 0 radical (unpaired) electrons. The minimum Gasteiger partial charge on any atom is -0.392 e. The molecule has 0 aromatic rings. The zero-order chi connectivity index (χ0) is 11.4. The topological polar surface area (TPSA) is 49.3 Å². The molecule has 15 heavy (non-hydrogen) atoms. The van der Waals surface area contributed by atoms with E-state index in [0.717, 1.165) is 8.61 Å². The van der Waals surface area contributed by atoms with Crippen LogP contribution in [0.5, 0.6) is 0 Å². The molecule has 1 rings (SSSR count). The fourth-order valence-electron chi connectivity index (χ4n) is 1.19. The van der Waals surface area contributed by atoms with Crippen LogP contribution in [0.3, 0.4) is 0 Å². The van der Waals surface area contributed by atoms with Crippen molar-refractivity contribution in [3.05, 3.63) is 0 Å². The normalized spacial score (nSPS) is 26.7. The summed E-state index contributed by atoms with van der Waals surface area (Å²) < 4.78 is 0.819. The number of rotatable bonds is 4. The van der Waals surface area contributed by atoms with Gasteiger partial charge < -0.3 is 10.4 Å². The number of carbonyl (C=O) groups is 1. The van der Waals surface area contributed by atoms with Crippen LogP contribution in [0.25, 0.3) is 0 Å². The number of hydrogen-bond donors (Lipinski definition) is 2. The highest BCUT2D eigenvalue weighted by Gasteiger charge is 2.43. The van der Waals surface area contributed by atoms with Gasteiger partial charge in [-0.1, -0.05) is 35.7 Å². The van der Waals surface area contributed by atoms with Gasteiger partial charge in [-0.3, -0.25) is 4.79 Å². The number of aliphatic hydroxyl groups excluding tert-OH is 1. The zero-order valence-electron chi connectivity index (χ0n) is 8.43. The van der Waals surface area contributed by atoms with Crippen molar-refractivity contribution >= 4 is 56.9 Å². The number of amides is 1. The Morgan fingerprint density at radius 2 is 2.40 bits per heavy atom. The lowest BCUT2D eigenvalue weighted by atomic mass is 9.96. The number of aliphatic hydroxyl groups is 1. The molecule has 86 valence electrons. The van der Waals surface area contributed by atoms with Crippen LogP contribution >= 0.6 is 47.5 Å². The second-order valence-electron chi connectivity index (χ2n) is 3.11. The highest BCUT2D eigenvalue weighted by molar-refractivity contribution is 8.49. The molecule has 2 N–H and O–H groups in total. The van der Waals surface area contributed by atoms with Gasteiger partial charge >= 0.3 is 0 Å². The molecule has 1 amide bonds. The van der Waals surface area contributed by atoms with Crippen LogP contribution in [0.15, 0.2) is 0 Å². The van der Waals surface area contributed by atoms with Gasteiger partial charge in [0.15, 0.2) is 0 Å². The number of β-lactam (4-membered cyclic amide) rings is 1. The highest BCUT2D eigenvalue weighted by atomic mass is 32.3. The van der Waals surface area contributed by atoms with E-state index in [-0.39, 0.29) is 17.2 Å². The van der Waals surface area contributed by atoms with Crippen molar-refractivity contribution in [1.82, 2.24) is 5.32 Å². The van der Waals surface area contributed by atoms with Gasteiger partial charge in [-0.25, -0.2) is 0 Å². The van der Waals surface area contributed by atoms with E-state index < -0.39 is 6.10 Å². The Kier molecular flexibility index (Phi) is 5.76. The number of thiocarbonyl (C=S) groups is 1. The summed E-state index contributed by atoms with van der Waals surface area (Å²) in [5, 5.41) is 13.0. The molecule has 3 nitrogen and oxygen atoms in total. The maximum Gasteiger partial charge on any atom is 0.229 e. The molecule has 0 aliphatic carbocycles. The van der Waals surface area contributed by atoms with E-state index in [2.05, 4.69) is 5.32 Å². The van der Waals surface area contributed by atoms with Gasteiger partial charge in [0.1, 0.15) is 3.53 Å². The Morgan fingerprint density at radius 1 is 1.73 bits per heavy atom. The summed E-state index contributed by atoms with van der Waals surface area (Å²) >= 11 is 9.92. The Labute approximate surface area is 108 Å². The third-order valence-corrected chi connectivity index (χ3v) is 5.74. The third kappa shape index (κ3) is 3.81. The number of thioether (sulfide) groups is 3. The van der Waals surface area contributed by atoms with Gasteiger partial charge in [-0.15, -0.1) is 0 Å². The first-order chi connectivity index (χ1) is 7.06. The van der Waals surface area contributed by atoms with E-state index in [4.69, 9.17) is 12.2 Å². The second-order valence-corrected chi connectivity index (χ2v) is 7.67. The van der Waals surface area contributed by atoms with E-state index in [1.165, 1.54) is 11.8 Å². The Hall–Kier alpha value is 0.570. The fraction of sp³-hybridized carbons (Fsp3) is 0.750. The molecule has 0 saturated carbocycles. The quantitative estimate of drug-likeness (QED) is 0.463. The minimum atomic E-state index is -0.607. The third-order valence-electron chi connectivity index (χ3n) is 1.95. The van der Waals surface area contributed by atoms with Crippen molar-refractivity contribution in [2.24, 2.45) is 5.92 Å². The molecule has 1 saturated heterocycles. The molecule has 1 aliphatic heterocycles. The number of hydrogen-bond acceptors (Lipinski definition) is 6. The second kappa shape index (κ2) is 6.34. The van der Waals surface area contributed by atoms with Crippen molar-refractivity contribution in [3.8, 4) is 0 Å². The monoisotopic (exact) mass is 283 g/mol. The lowest BCUT2D eigenvalue weighted by molar-refractivity contribution is -0.136. The van der Waals surface area contributed by atoms with Gasteiger partial charge in [0.25, 0.3) is 0 Å². The summed E-state index contributed by atoms with van der Waals surface area (Å²) in [5.74, 6) is -0.400. The van der Waals surface area contributed by atoms with Gasteiger partial charge in [-0.05, 0) is 13.2 Å². The van der Waals surface area contributed by atoms with Crippen molar-refractivity contribution < 1.29 is 9.90 Å². The molecule has 0 aromatic carbocycles. The van der Waals surface area contributed by atoms with Crippen LogP contribution in [-0.2, 0) is 4.79 Å². The lowest BCUT2D eigenvalue weighted by Crippen LogP contribution is -2.60. The molecule has 3 atom stereocenters. The standard InChI is InChI=1S/C8H13NO2S4/c1-4(10)5-6(11)9-7(5)15-8(12)14-3-13-2/h4-5,7,10H,3H2,1-2H3,(H,9,11)/t4?,5-,7?/m1/s1. The molecule has 0 aromatic heterocycles. The van der Waals surface area contributed by atoms with Crippen molar-refractivity contribution in [2.45, 2.75) is 18.4 Å². The predicted octanol–water partition coefficient (Wildman–Crippen LogP) is 1.51. The van der Waals surface area contributed by atoms with E-state index in [0.29, 0.717) is 0 Å². The minimum absolute atomic E-state index is 0.0562. The molecule has 7 heteroatoms. The maximum absolute atomic E-state index is 11.1. The Morgan fingerprint density at radius 3 is 2.87 bits per heavy atom. The van der Waals surface area contributed by atoms with Crippen LogP contribution in [0.1, 0.15) is 6.92 Å². The largest absolute Gasteiger partial charge is 0.392 e. The van der Waals surface area contributed by atoms with Crippen molar-refractivity contribution in [2.75, 3.05) is 11.3 Å². The summed E-state index contributed by atoms with van der Waals surface area (Å²) in [6.45, 7) is 1.63. The zero-order valence-corrected chi connectivity index (χ0v) is 11.7. The summed E-state index contributed by atoms with van der Waals surface area (Å²) in [7, 11) is 0.